The summed E-state index contributed by atoms with van der Waals surface area (Å²) >= 11 is 0. The molecule has 0 fully saturated rings. The lowest BCUT2D eigenvalue weighted by Crippen LogP contribution is -2.04. The quantitative estimate of drug-likeness (QED) is 0.169. The standard InChI is InChI=1S/C50H29N5/c1-52-41-24-13-22-39(49(41)55-46-29-11-6-18-35(46)38-21-12-15-32(31-51)48(38)55)36-19-4-9-27-44(36)54-45-28-10-5-20-37(45)40-23-14-30-47(50(40)54)53-42-25-7-2-16-33(42)34-17-3-8-26-43(34)53/h2-30H. The first-order valence-corrected chi connectivity index (χ1v) is 18.3. The third-order valence-electron chi connectivity index (χ3n) is 11.1. The molecule has 0 radical (unpaired) electrons. The number of nitriles is 1. The molecule has 11 aromatic rings. The van der Waals surface area contributed by atoms with E-state index in [0.29, 0.717) is 11.3 Å². The largest absolute Gasteiger partial charge is 0.317 e. The molecule has 0 spiro atoms. The summed E-state index contributed by atoms with van der Waals surface area (Å²) in [5.41, 5.74) is 12.0. The minimum atomic E-state index is 0.510. The predicted molar refractivity (Wildman–Crippen MR) is 226 cm³/mol. The van der Waals surface area contributed by atoms with Crippen molar-refractivity contribution in [1.82, 2.24) is 13.7 Å². The van der Waals surface area contributed by atoms with Crippen LogP contribution in [0, 0.1) is 17.9 Å². The van der Waals surface area contributed by atoms with Gasteiger partial charge in [-0.25, -0.2) is 4.85 Å². The fraction of sp³-hybridized carbons (Fsp3) is 0. The van der Waals surface area contributed by atoms with E-state index >= 15 is 0 Å². The molecule has 0 unspecified atom stereocenters. The SMILES string of the molecule is [C-]#[N+]c1cccc(-c2ccccc2-n2c3ccccc3c3cccc(-n4c5ccccc5c5ccccc54)c32)c1-n1c2ccccc2c2cccc(C#N)c21. The number of para-hydroxylation sites is 8. The van der Waals surface area contributed by atoms with Crippen molar-refractivity contribution in [2.45, 2.75) is 0 Å². The van der Waals surface area contributed by atoms with Crippen molar-refractivity contribution in [2.24, 2.45) is 0 Å². The molecule has 5 heteroatoms. The van der Waals surface area contributed by atoms with Gasteiger partial charge >= 0.3 is 0 Å². The van der Waals surface area contributed by atoms with Crippen molar-refractivity contribution in [2.75, 3.05) is 0 Å². The van der Waals surface area contributed by atoms with Crippen LogP contribution in [-0.4, -0.2) is 13.7 Å². The highest BCUT2D eigenvalue weighted by Crippen LogP contribution is 2.45. The maximum absolute atomic E-state index is 10.4. The fourth-order valence-corrected chi connectivity index (χ4v) is 8.92. The van der Waals surface area contributed by atoms with Gasteiger partial charge in [0, 0.05) is 37.9 Å². The molecule has 3 aromatic heterocycles. The van der Waals surface area contributed by atoms with Crippen LogP contribution in [0.25, 0.3) is 98.5 Å². The third kappa shape index (κ3) is 4.27. The zero-order valence-electron chi connectivity index (χ0n) is 29.5. The van der Waals surface area contributed by atoms with E-state index in [1.54, 1.807) is 0 Å². The van der Waals surface area contributed by atoms with E-state index in [4.69, 9.17) is 6.57 Å². The lowest BCUT2D eigenvalue weighted by molar-refractivity contribution is 1.13. The molecular weight excluding hydrogens is 671 g/mol. The molecule has 0 aliphatic rings. The maximum Gasteiger partial charge on any atom is 0.211 e. The van der Waals surface area contributed by atoms with E-state index in [2.05, 4.69) is 164 Å². The van der Waals surface area contributed by atoms with Gasteiger partial charge in [-0.15, -0.1) is 0 Å². The second kappa shape index (κ2) is 11.8. The minimum absolute atomic E-state index is 0.510. The molecule has 0 bridgehead atoms. The van der Waals surface area contributed by atoms with Crippen LogP contribution in [0.15, 0.2) is 176 Å². The highest BCUT2D eigenvalue weighted by Gasteiger charge is 2.25. The molecule has 0 aliphatic carbocycles. The molecule has 0 saturated heterocycles. The number of hydrogen-bond acceptors (Lipinski definition) is 1. The van der Waals surface area contributed by atoms with E-state index in [1.165, 1.54) is 10.8 Å². The predicted octanol–water partition coefficient (Wildman–Crippen LogP) is 13.1. The molecule has 11 rings (SSSR count). The van der Waals surface area contributed by atoms with Crippen LogP contribution in [-0.2, 0) is 0 Å². The zero-order valence-corrected chi connectivity index (χ0v) is 29.5. The lowest BCUT2D eigenvalue weighted by Gasteiger charge is -2.20. The van der Waals surface area contributed by atoms with Crippen molar-refractivity contribution in [3.8, 4) is 34.3 Å². The molecule has 8 aromatic carbocycles. The van der Waals surface area contributed by atoms with E-state index in [9.17, 15) is 5.26 Å². The van der Waals surface area contributed by atoms with Gasteiger partial charge in [-0.1, -0.05) is 133 Å². The van der Waals surface area contributed by atoms with Crippen LogP contribution >= 0.6 is 0 Å². The summed E-state index contributed by atoms with van der Waals surface area (Å²) in [6, 6.07) is 63.5. The summed E-state index contributed by atoms with van der Waals surface area (Å²) in [7, 11) is 0. The Morgan fingerprint density at radius 1 is 0.400 bits per heavy atom. The molecule has 55 heavy (non-hydrogen) atoms. The number of fused-ring (bicyclic) bond motifs is 9. The summed E-state index contributed by atoms with van der Waals surface area (Å²) < 4.78 is 6.94. The van der Waals surface area contributed by atoms with Crippen LogP contribution in [0.2, 0.25) is 0 Å². The van der Waals surface area contributed by atoms with Gasteiger partial charge in [-0.05, 0) is 48.0 Å². The number of aromatic nitrogens is 3. The lowest BCUT2D eigenvalue weighted by atomic mass is 9.99. The van der Waals surface area contributed by atoms with Crippen molar-refractivity contribution >= 4 is 71.1 Å². The molecule has 0 saturated carbocycles. The summed E-state index contributed by atoms with van der Waals surface area (Å²) in [5, 5.41) is 17.2. The van der Waals surface area contributed by atoms with E-state index in [0.717, 1.165) is 82.8 Å². The first-order valence-electron chi connectivity index (χ1n) is 18.3. The van der Waals surface area contributed by atoms with E-state index in [1.807, 2.05) is 36.4 Å². The Morgan fingerprint density at radius 3 is 1.49 bits per heavy atom. The topological polar surface area (TPSA) is 42.9 Å². The Bertz CT molecular complexity index is 3420. The normalized spacial score (nSPS) is 11.6. The summed E-state index contributed by atoms with van der Waals surface area (Å²) in [5.74, 6) is 0. The highest BCUT2D eigenvalue weighted by molar-refractivity contribution is 6.16. The van der Waals surface area contributed by atoms with Crippen molar-refractivity contribution in [1.29, 1.82) is 5.26 Å². The van der Waals surface area contributed by atoms with Gasteiger partial charge in [-0.3, -0.25) is 0 Å². The highest BCUT2D eigenvalue weighted by atomic mass is 15.1. The number of benzene rings is 8. The van der Waals surface area contributed by atoms with E-state index in [-0.39, 0.29) is 0 Å². The van der Waals surface area contributed by atoms with Crippen LogP contribution in [0.3, 0.4) is 0 Å². The van der Waals surface area contributed by atoms with Gasteiger partial charge in [0.2, 0.25) is 5.69 Å². The number of rotatable bonds is 4. The van der Waals surface area contributed by atoms with Crippen molar-refractivity contribution < 1.29 is 0 Å². The average Bonchev–Trinajstić information content (AvgIpc) is 3.89. The molecule has 254 valence electrons. The van der Waals surface area contributed by atoms with Gasteiger partial charge in [0.25, 0.3) is 0 Å². The molecule has 0 aliphatic heterocycles. The maximum atomic E-state index is 10.4. The summed E-state index contributed by atoms with van der Waals surface area (Å²) in [6.07, 6.45) is 0. The van der Waals surface area contributed by atoms with Crippen LogP contribution in [0.5, 0.6) is 0 Å². The molecule has 0 atom stereocenters. The van der Waals surface area contributed by atoms with Crippen molar-refractivity contribution in [3.63, 3.8) is 0 Å². The Morgan fingerprint density at radius 2 is 0.855 bits per heavy atom. The third-order valence-corrected chi connectivity index (χ3v) is 11.1. The van der Waals surface area contributed by atoms with E-state index < -0.39 is 0 Å². The van der Waals surface area contributed by atoms with Crippen molar-refractivity contribution in [3.05, 3.63) is 193 Å². The molecular formula is C50H29N5. The van der Waals surface area contributed by atoms with Gasteiger partial charge in [0.05, 0.1) is 62.3 Å². The van der Waals surface area contributed by atoms with Crippen LogP contribution in [0.4, 0.5) is 5.69 Å². The monoisotopic (exact) mass is 699 g/mol. The van der Waals surface area contributed by atoms with Crippen LogP contribution in [0.1, 0.15) is 5.56 Å². The first-order chi connectivity index (χ1) is 27.3. The Hall–Kier alpha value is -7.86. The van der Waals surface area contributed by atoms with Crippen LogP contribution < -0.4 is 0 Å². The number of hydrogen-bond donors (Lipinski definition) is 0. The molecule has 0 N–H and O–H groups in total. The average molecular weight is 700 g/mol. The molecule has 5 nitrogen and oxygen atoms in total. The van der Waals surface area contributed by atoms with Gasteiger partial charge in [0.15, 0.2) is 0 Å². The van der Waals surface area contributed by atoms with Gasteiger partial charge < -0.3 is 13.7 Å². The fourth-order valence-electron chi connectivity index (χ4n) is 8.92. The second-order valence-electron chi connectivity index (χ2n) is 13.9. The molecule has 0 amide bonds. The zero-order chi connectivity index (χ0) is 36.6. The smallest absolute Gasteiger partial charge is 0.211 e. The second-order valence-corrected chi connectivity index (χ2v) is 13.9. The Kier molecular flexibility index (Phi) is 6.61. The minimum Gasteiger partial charge on any atom is -0.317 e. The number of nitrogens with zero attached hydrogens (tertiary/aromatic N) is 5. The first kappa shape index (κ1) is 30.7. The van der Waals surface area contributed by atoms with Gasteiger partial charge in [-0.2, -0.15) is 5.26 Å². The summed E-state index contributed by atoms with van der Waals surface area (Å²) in [6.45, 7) is 8.45. The summed E-state index contributed by atoms with van der Waals surface area (Å²) in [4.78, 5) is 4.12. The Balaban J connectivity index is 1.28. The molecule has 3 heterocycles. The Labute approximate surface area is 316 Å². The van der Waals surface area contributed by atoms with Gasteiger partial charge in [0.1, 0.15) is 6.07 Å².